The molecule has 2 aliphatic heterocycles. The molecular formula is C19H38IN5O. The van der Waals surface area contributed by atoms with Crippen molar-refractivity contribution in [3.63, 3.8) is 0 Å². The third kappa shape index (κ3) is 7.58. The lowest BCUT2D eigenvalue weighted by atomic mass is 9.99. The summed E-state index contributed by atoms with van der Waals surface area (Å²) >= 11 is 0. The van der Waals surface area contributed by atoms with Crippen LogP contribution >= 0.6 is 24.0 Å². The highest BCUT2D eigenvalue weighted by Crippen LogP contribution is 2.17. The fourth-order valence-electron chi connectivity index (χ4n) is 3.82. The zero-order chi connectivity index (χ0) is 18.2. The van der Waals surface area contributed by atoms with Gasteiger partial charge in [-0.1, -0.05) is 6.92 Å². The largest absolute Gasteiger partial charge is 0.357 e. The smallest absolute Gasteiger partial charge is 0.219 e. The van der Waals surface area contributed by atoms with Crippen LogP contribution in [0.2, 0.25) is 0 Å². The van der Waals surface area contributed by atoms with E-state index in [-0.39, 0.29) is 29.9 Å². The Kier molecular flexibility index (Phi) is 10.8. The molecule has 2 heterocycles. The summed E-state index contributed by atoms with van der Waals surface area (Å²) in [7, 11) is 0. The van der Waals surface area contributed by atoms with Crippen LogP contribution in [0.5, 0.6) is 0 Å². The maximum absolute atomic E-state index is 11.4. The third-order valence-corrected chi connectivity index (χ3v) is 5.45. The minimum atomic E-state index is 0. The molecule has 0 aromatic rings. The van der Waals surface area contributed by atoms with Crippen molar-refractivity contribution < 1.29 is 4.79 Å². The number of hydrogen-bond donors (Lipinski definition) is 2. The van der Waals surface area contributed by atoms with Gasteiger partial charge in [0.15, 0.2) is 5.96 Å². The molecule has 0 spiro atoms. The number of rotatable bonds is 5. The number of amides is 1. The van der Waals surface area contributed by atoms with Crippen LogP contribution in [-0.2, 0) is 4.79 Å². The molecule has 0 aromatic carbocycles. The minimum Gasteiger partial charge on any atom is -0.357 e. The van der Waals surface area contributed by atoms with E-state index in [2.05, 4.69) is 36.3 Å². The van der Waals surface area contributed by atoms with E-state index in [9.17, 15) is 4.79 Å². The second kappa shape index (κ2) is 12.0. The Morgan fingerprint density at radius 1 is 1.23 bits per heavy atom. The first-order valence-electron chi connectivity index (χ1n) is 10.0. The molecule has 0 radical (unpaired) electrons. The van der Waals surface area contributed by atoms with E-state index in [0.29, 0.717) is 12.1 Å². The van der Waals surface area contributed by atoms with E-state index in [1.165, 1.54) is 25.9 Å². The molecule has 1 amide bonds. The first kappa shape index (κ1) is 23.5. The number of carbonyl (C=O) groups excluding carboxylic acids is 1. The molecule has 152 valence electrons. The highest BCUT2D eigenvalue weighted by Gasteiger charge is 2.22. The first-order chi connectivity index (χ1) is 12.0. The number of nitrogens with one attached hydrogen (secondary N) is 2. The SMILES string of the molecule is CCNC(=NCC(C)N1CCCC(C)C1)NC1CCN(C(C)=O)CC1.I. The van der Waals surface area contributed by atoms with Crippen molar-refractivity contribution in [3.05, 3.63) is 0 Å². The topological polar surface area (TPSA) is 60.0 Å². The Labute approximate surface area is 176 Å². The van der Waals surface area contributed by atoms with Crippen molar-refractivity contribution in [2.45, 2.75) is 65.5 Å². The Morgan fingerprint density at radius 2 is 1.92 bits per heavy atom. The van der Waals surface area contributed by atoms with Gasteiger partial charge in [-0.3, -0.25) is 14.7 Å². The van der Waals surface area contributed by atoms with Crippen molar-refractivity contribution in [1.29, 1.82) is 0 Å². The predicted octanol–water partition coefficient (Wildman–Crippen LogP) is 2.29. The van der Waals surface area contributed by atoms with Gasteiger partial charge >= 0.3 is 0 Å². The fourth-order valence-corrected chi connectivity index (χ4v) is 3.82. The highest BCUT2D eigenvalue weighted by atomic mass is 127. The van der Waals surface area contributed by atoms with Crippen LogP contribution in [0.15, 0.2) is 4.99 Å². The van der Waals surface area contributed by atoms with Gasteiger partial charge in [-0.25, -0.2) is 0 Å². The van der Waals surface area contributed by atoms with Gasteiger partial charge in [0.1, 0.15) is 0 Å². The van der Waals surface area contributed by atoms with Crippen LogP contribution in [0.4, 0.5) is 0 Å². The Hall–Kier alpha value is -0.570. The van der Waals surface area contributed by atoms with E-state index >= 15 is 0 Å². The summed E-state index contributed by atoms with van der Waals surface area (Å²) in [5, 5.41) is 6.94. The summed E-state index contributed by atoms with van der Waals surface area (Å²) < 4.78 is 0. The van der Waals surface area contributed by atoms with E-state index in [1.807, 2.05) is 4.90 Å². The van der Waals surface area contributed by atoms with Crippen molar-refractivity contribution in [3.8, 4) is 0 Å². The molecule has 26 heavy (non-hydrogen) atoms. The lowest BCUT2D eigenvalue weighted by molar-refractivity contribution is -0.129. The quantitative estimate of drug-likeness (QED) is 0.361. The second-order valence-corrected chi connectivity index (χ2v) is 7.74. The van der Waals surface area contributed by atoms with E-state index in [4.69, 9.17) is 4.99 Å². The monoisotopic (exact) mass is 479 g/mol. The zero-order valence-electron chi connectivity index (χ0n) is 17.0. The summed E-state index contributed by atoms with van der Waals surface area (Å²) in [5.74, 6) is 1.90. The van der Waals surface area contributed by atoms with Gasteiger partial charge in [0.2, 0.25) is 5.91 Å². The molecule has 0 saturated carbocycles. The second-order valence-electron chi connectivity index (χ2n) is 7.74. The summed E-state index contributed by atoms with van der Waals surface area (Å²) in [6.07, 6.45) is 4.64. The summed E-state index contributed by atoms with van der Waals surface area (Å²) in [6.45, 7) is 14.2. The molecule has 2 saturated heterocycles. The third-order valence-electron chi connectivity index (χ3n) is 5.45. The number of nitrogens with zero attached hydrogens (tertiary/aromatic N) is 3. The number of piperidine rings is 2. The van der Waals surface area contributed by atoms with E-state index in [1.54, 1.807) is 6.92 Å². The van der Waals surface area contributed by atoms with Gasteiger partial charge < -0.3 is 15.5 Å². The molecule has 0 aliphatic carbocycles. The average molecular weight is 479 g/mol. The molecular weight excluding hydrogens is 441 g/mol. The van der Waals surface area contributed by atoms with E-state index < -0.39 is 0 Å². The van der Waals surface area contributed by atoms with Crippen molar-refractivity contribution in [1.82, 2.24) is 20.4 Å². The zero-order valence-corrected chi connectivity index (χ0v) is 19.3. The first-order valence-corrected chi connectivity index (χ1v) is 10.0. The maximum Gasteiger partial charge on any atom is 0.219 e. The predicted molar refractivity (Wildman–Crippen MR) is 119 cm³/mol. The highest BCUT2D eigenvalue weighted by molar-refractivity contribution is 14.0. The lowest BCUT2D eigenvalue weighted by Crippen LogP contribution is -2.50. The minimum absolute atomic E-state index is 0. The molecule has 0 bridgehead atoms. The fraction of sp³-hybridized carbons (Fsp3) is 0.895. The maximum atomic E-state index is 11.4. The van der Waals surface area contributed by atoms with Crippen molar-refractivity contribution >= 4 is 35.8 Å². The molecule has 2 unspecified atom stereocenters. The van der Waals surface area contributed by atoms with Crippen LogP contribution in [0.3, 0.4) is 0 Å². The number of hydrogen-bond acceptors (Lipinski definition) is 3. The molecule has 2 N–H and O–H groups in total. The normalized spacial score (nSPS) is 23.9. The summed E-state index contributed by atoms with van der Waals surface area (Å²) in [4.78, 5) is 20.8. The molecule has 7 heteroatoms. The lowest BCUT2D eigenvalue weighted by Gasteiger charge is -2.35. The number of carbonyl (C=O) groups is 1. The molecule has 6 nitrogen and oxygen atoms in total. The molecule has 2 rings (SSSR count). The summed E-state index contributed by atoms with van der Waals surface area (Å²) in [6, 6.07) is 0.886. The average Bonchev–Trinajstić information content (AvgIpc) is 2.60. The standard InChI is InChI=1S/C19H37N5O.HI/c1-5-20-19(22-18-8-11-23(12-9-18)17(4)25)21-13-16(3)24-10-6-7-15(2)14-24;/h15-16,18H,5-14H2,1-4H3,(H2,20,21,22);1H. The van der Waals surface area contributed by atoms with Gasteiger partial charge in [0, 0.05) is 45.2 Å². The molecule has 0 aromatic heterocycles. The van der Waals surface area contributed by atoms with Crippen LogP contribution < -0.4 is 10.6 Å². The van der Waals surface area contributed by atoms with Gasteiger partial charge in [-0.2, -0.15) is 0 Å². The Bertz CT molecular complexity index is 451. The van der Waals surface area contributed by atoms with Crippen LogP contribution in [0.25, 0.3) is 0 Å². The van der Waals surface area contributed by atoms with Gasteiger partial charge in [0.25, 0.3) is 0 Å². The van der Waals surface area contributed by atoms with Crippen LogP contribution in [0.1, 0.15) is 53.4 Å². The van der Waals surface area contributed by atoms with Gasteiger partial charge in [-0.15, -0.1) is 24.0 Å². The van der Waals surface area contributed by atoms with Gasteiger partial charge in [0.05, 0.1) is 6.54 Å². The van der Waals surface area contributed by atoms with Crippen LogP contribution in [0, 0.1) is 5.92 Å². The molecule has 2 fully saturated rings. The number of guanidine groups is 1. The number of likely N-dealkylation sites (tertiary alicyclic amines) is 2. The van der Waals surface area contributed by atoms with E-state index in [0.717, 1.165) is 50.9 Å². The molecule has 2 aliphatic rings. The number of aliphatic imine (C=N–C) groups is 1. The Balaban J connectivity index is 0.00000338. The molecule has 2 atom stereocenters. The number of halogens is 1. The van der Waals surface area contributed by atoms with Crippen LogP contribution in [-0.4, -0.2) is 73.0 Å². The van der Waals surface area contributed by atoms with Crippen molar-refractivity contribution in [2.24, 2.45) is 10.9 Å². The van der Waals surface area contributed by atoms with Gasteiger partial charge in [-0.05, 0) is 52.0 Å². The Morgan fingerprint density at radius 3 is 2.50 bits per heavy atom. The summed E-state index contributed by atoms with van der Waals surface area (Å²) in [5.41, 5.74) is 0. The van der Waals surface area contributed by atoms with Crippen molar-refractivity contribution in [2.75, 3.05) is 39.3 Å².